The summed E-state index contributed by atoms with van der Waals surface area (Å²) in [5.41, 5.74) is 3.16. The maximum atomic E-state index is 14.9. The number of aromatic nitrogens is 5. The van der Waals surface area contributed by atoms with Crippen LogP contribution in [0.3, 0.4) is 0 Å². The Balaban J connectivity index is 0.00000267. The van der Waals surface area contributed by atoms with Crippen LogP contribution in [-0.4, -0.2) is 43.5 Å². The second kappa shape index (κ2) is 9.18. The average Bonchev–Trinajstić information content (AvgIpc) is 3.43. The maximum absolute atomic E-state index is 14.9. The molecule has 0 saturated heterocycles. The average molecular weight is 493 g/mol. The number of amides is 1. The van der Waals surface area contributed by atoms with Gasteiger partial charge in [-0.2, -0.15) is 0 Å². The van der Waals surface area contributed by atoms with Crippen molar-refractivity contribution < 1.29 is 18.3 Å². The van der Waals surface area contributed by atoms with Crippen LogP contribution < -0.4 is 10.1 Å². The number of aryl methyl sites for hydroxylation is 1. The molecule has 0 spiro atoms. The van der Waals surface area contributed by atoms with Crippen molar-refractivity contribution in [2.45, 2.75) is 39.2 Å². The van der Waals surface area contributed by atoms with E-state index < -0.39 is 24.4 Å². The van der Waals surface area contributed by atoms with E-state index in [2.05, 4.69) is 20.5 Å². The fourth-order valence-corrected chi connectivity index (χ4v) is 4.41. The van der Waals surface area contributed by atoms with Gasteiger partial charge in [-0.15, -0.1) is 10.2 Å². The molecule has 1 aliphatic carbocycles. The zero-order chi connectivity index (χ0) is 24.1. The summed E-state index contributed by atoms with van der Waals surface area (Å²) in [6, 6.07) is 7.40. The standard InChI is InChI=1S/C25H22F2N6O2.CH4/c1-14-7-19(27)18(8-22(14)32-10-21(28-12-32)15-5-6-15)25(34)30-20-4-2-3-17-23(20)35-11-16(9-26)33-13-29-31-24(17)33;/h2-4,7-8,10,12-13,15-16H,5-6,9,11H2,1H3,(H,30,34);1H4/t16-;/m0./s1. The van der Waals surface area contributed by atoms with Gasteiger partial charge in [-0.25, -0.2) is 13.8 Å². The minimum absolute atomic E-state index is 0. The van der Waals surface area contributed by atoms with Gasteiger partial charge in [0.2, 0.25) is 0 Å². The molecule has 2 aromatic heterocycles. The molecule has 186 valence electrons. The number of hydrogen-bond donors (Lipinski definition) is 1. The van der Waals surface area contributed by atoms with Crippen molar-refractivity contribution in [3.63, 3.8) is 0 Å². The Morgan fingerprint density at radius 1 is 1.25 bits per heavy atom. The smallest absolute Gasteiger partial charge is 0.258 e. The zero-order valence-electron chi connectivity index (χ0n) is 18.9. The summed E-state index contributed by atoms with van der Waals surface area (Å²) in [4.78, 5) is 17.7. The highest BCUT2D eigenvalue weighted by molar-refractivity contribution is 6.06. The van der Waals surface area contributed by atoms with Crippen LogP contribution in [0.1, 0.15) is 53.8 Å². The SMILES string of the molecule is C.Cc1cc(F)c(C(=O)Nc2cccc3c2OC[C@H](CF)n2cnnc2-3)cc1-n1cnc(C2CC2)c1. The van der Waals surface area contributed by atoms with Crippen LogP contribution in [0.15, 0.2) is 49.2 Å². The van der Waals surface area contributed by atoms with Gasteiger partial charge in [0.05, 0.1) is 40.6 Å². The molecule has 1 fully saturated rings. The first-order valence-electron chi connectivity index (χ1n) is 11.4. The Morgan fingerprint density at radius 2 is 2.08 bits per heavy atom. The zero-order valence-corrected chi connectivity index (χ0v) is 18.9. The maximum Gasteiger partial charge on any atom is 0.258 e. The van der Waals surface area contributed by atoms with Crippen molar-refractivity contribution in [1.82, 2.24) is 24.3 Å². The summed E-state index contributed by atoms with van der Waals surface area (Å²) < 4.78 is 37.8. The first-order valence-corrected chi connectivity index (χ1v) is 11.4. The number of carbonyl (C=O) groups is 1. The molecule has 8 nitrogen and oxygen atoms in total. The molecular formula is C26H26F2N6O2. The second-order valence-electron chi connectivity index (χ2n) is 8.92. The molecule has 2 aromatic carbocycles. The highest BCUT2D eigenvalue weighted by Gasteiger charge is 2.28. The Kier molecular flexibility index (Phi) is 6.03. The second-order valence-corrected chi connectivity index (χ2v) is 8.92. The summed E-state index contributed by atoms with van der Waals surface area (Å²) in [6.45, 7) is 1.17. The molecule has 0 unspecified atom stereocenters. The van der Waals surface area contributed by atoms with E-state index in [0.717, 1.165) is 18.5 Å². The molecule has 0 radical (unpaired) electrons. The van der Waals surface area contributed by atoms with Crippen molar-refractivity contribution in [2.75, 3.05) is 18.6 Å². The van der Waals surface area contributed by atoms with E-state index in [1.807, 2.05) is 10.8 Å². The number of nitrogens with one attached hydrogen (secondary N) is 1. The number of fused-ring (bicyclic) bond motifs is 3. The fraction of sp³-hybridized carbons (Fsp3) is 0.308. The number of alkyl halides is 1. The summed E-state index contributed by atoms with van der Waals surface area (Å²) in [5, 5.41) is 10.8. The van der Waals surface area contributed by atoms with Crippen molar-refractivity contribution in [1.29, 1.82) is 0 Å². The molecule has 0 bridgehead atoms. The molecular weight excluding hydrogens is 466 g/mol. The highest BCUT2D eigenvalue weighted by atomic mass is 19.1. The van der Waals surface area contributed by atoms with Crippen LogP contribution in [0, 0.1) is 12.7 Å². The number of benzene rings is 2. The third-order valence-electron chi connectivity index (χ3n) is 6.48. The number of halogens is 2. The number of rotatable bonds is 5. The van der Waals surface area contributed by atoms with Gasteiger partial charge in [-0.1, -0.05) is 13.5 Å². The van der Waals surface area contributed by atoms with Crippen LogP contribution in [0.2, 0.25) is 0 Å². The minimum Gasteiger partial charge on any atom is -0.488 e. The molecule has 4 aromatic rings. The van der Waals surface area contributed by atoms with Crippen LogP contribution >= 0.6 is 0 Å². The van der Waals surface area contributed by atoms with Gasteiger partial charge in [-0.3, -0.25) is 4.79 Å². The lowest BCUT2D eigenvalue weighted by molar-refractivity contribution is 0.102. The third-order valence-corrected chi connectivity index (χ3v) is 6.48. The van der Waals surface area contributed by atoms with Gasteiger partial charge in [-0.05, 0) is 49.6 Å². The van der Waals surface area contributed by atoms with Crippen molar-refractivity contribution in [3.05, 3.63) is 71.8 Å². The van der Waals surface area contributed by atoms with E-state index in [1.165, 1.54) is 18.5 Å². The van der Waals surface area contributed by atoms with E-state index in [0.29, 0.717) is 40.0 Å². The van der Waals surface area contributed by atoms with Gasteiger partial charge in [0, 0.05) is 12.1 Å². The van der Waals surface area contributed by atoms with Crippen molar-refractivity contribution in [3.8, 4) is 22.8 Å². The van der Waals surface area contributed by atoms with Crippen LogP contribution in [0.25, 0.3) is 17.1 Å². The van der Waals surface area contributed by atoms with E-state index in [-0.39, 0.29) is 19.6 Å². The van der Waals surface area contributed by atoms with E-state index >= 15 is 0 Å². The number of carbonyl (C=O) groups excluding carboxylic acids is 1. The molecule has 1 aliphatic heterocycles. The van der Waals surface area contributed by atoms with Crippen LogP contribution in [-0.2, 0) is 0 Å². The van der Waals surface area contributed by atoms with Crippen molar-refractivity contribution >= 4 is 11.6 Å². The number of para-hydroxylation sites is 1. The molecule has 1 atom stereocenters. The van der Waals surface area contributed by atoms with Gasteiger partial charge in [0.15, 0.2) is 11.6 Å². The Hall–Kier alpha value is -4.08. The molecule has 2 aliphatic rings. The normalized spacial score (nSPS) is 16.2. The molecule has 3 heterocycles. The van der Waals surface area contributed by atoms with E-state index in [1.54, 1.807) is 36.0 Å². The molecule has 10 heteroatoms. The van der Waals surface area contributed by atoms with Gasteiger partial charge >= 0.3 is 0 Å². The number of hydrogen-bond acceptors (Lipinski definition) is 5. The quantitative estimate of drug-likeness (QED) is 0.411. The monoisotopic (exact) mass is 492 g/mol. The van der Waals surface area contributed by atoms with Gasteiger partial charge in [0.25, 0.3) is 5.91 Å². The minimum atomic E-state index is -0.658. The highest BCUT2D eigenvalue weighted by Crippen LogP contribution is 2.40. The van der Waals surface area contributed by atoms with E-state index in [9.17, 15) is 13.6 Å². The predicted molar refractivity (Wildman–Crippen MR) is 131 cm³/mol. The van der Waals surface area contributed by atoms with Gasteiger partial charge < -0.3 is 19.2 Å². The molecule has 1 N–H and O–H groups in total. The lowest BCUT2D eigenvalue weighted by Gasteiger charge is -2.15. The largest absolute Gasteiger partial charge is 0.488 e. The topological polar surface area (TPSA) is 86.9 Å². The van der Waals surface area contributed by atoms with Crippen molar-refractivity contribution in [2.24, 2.45) is 0 Å². The fourth-order valence-electron chi connectivity index (χ4n) is 4.41. The lowest BCUT2D eigenvalue weighted by atomic mass is 10.1. The Morgan fingerprint density at radius 3 is 2.86 bits per heavy atom. The predicted octanol–water partition coefficient (Wildman–Crippen LogP) is 5.25. The lowest BCUT2D eigenvalue weighted by Crippen LogP contribution is -2.18. The summed E-state index contributed by atoms with van der Waals surface area (Å²) in [6.07, 6.45) is 7.33. The molecule has 36 heavy (non-hydrogen) atoms. The molecule has 1 saturated carbocycles. The Bertz CT molecular complexity index is 1440. The summed E-state index contributed by atoms with van der Waals surface area (Å²) >= 11 is 0. The number of imidazole rings is 1. The number of nitrogens with zero attached hydrogens (tertiary/aromatic N) is 5. The van der Waals surface area contributed by atoms with Crippen LogP contribution in [0.4, 0.5) is 14.5 Å². The molecule has 6 rings (SSSR count). The Labute approximate surface area is 207 Å². The van der Waals surface area contributed by atoms with Crippen LogP contribution in [0.5, 0.6) is 5.75 Å². The summed E-state index contributed by atoms with van der Waals surface area (Å²) in [5.74, 6) is -0.00694. The third kappa shape index (κ3) is 4.02. The first-order chi connectivity index (χ1) is 17.0. The van der Waals surface area contributed by atoms with E-state index in [4.69, 9.17) is 4.74 Å². The van der Waals surface area contributed by atoms with Gasteiger partial charge in [0.1, 0.15) is 25.4 Å². The number of anilines is 1. The first kappa shape index (κ1) is 23.7. The number of ether oxygens (including phenoxy) is 1. The summed E-state index contributed by atoms with van der Waals surface area (Å²) in [7, 11) is 0. The molecule has 1 amide bonds.